The van der Waals surface area contributed by atoms with Crippen LogP contribution < -0.4 is 0 Å². The summed E-state index contributed by atoms with van der Waals surface area (Å²) in [6, 6.07) is 7.52. The molecule has 2 rings (SSSR count). The number of aryl methyl sites for hydroxylation is 1. The lowest BCUT2D eigenvalue weighted by Crippen LogP contribution is -1.81. The van der Waals surface area contributed by atoms with Crippen LogP contribution in [0.2, 0.25) is 0 Å². The summed E-state index contributed by atoms with van der Waals surface area (Å²) in [7, 11) is 0. The van der Waals surface area contributed by atoms with Gasteiger partial charge in [-0.2, -0.15) is 0 Å². The zero-order chi connectivity index (χ0) is 9.26. The van der Waals surface area contributed by atoms with Crippen molar-refractivity contribution in [1.82, 2.24) is 10.2 Å². The van der Waals surface area contributed by atoms with Gasteiger partial charge in [0.05, 0.1) is 0 Å². The van der Waals surface area contributed by atoms with Crippen LogP contribution in [0.4, 0.5) is 0 Å². The van der Waals surface area contributed by atoms with Crippen molar-refractivity contribution >= 4 is 0 Å². The van der Waals surface area contributed by atoms with Crippen molar-refractivity contribution in [3.05, 3.63) is 29.8 Å². The summed E-state index contributed by atoms with van der Waals surface area (Å²) in [5, 5.41) is 17.5. The van der Waals surface area contributed by atoms with E-state index >= 15 is 0 Å². The third-order valence-corrected chi connectivity index (χ3v) is 1.78. The molecule has 0 aliphatic rings. The van der Waals surface area contributed by atoms with E-state index in [1.807, 2.05) is 31.2 Å². The third kappa shape index (κ3) is 1.38. The standard InChI is InChI=1S/C9H7N2O2/c1-6-4-2-3-5-7(6)8-10-11-9(12)13-8/h2-5H,1H3. The zero-order valence-corrected chi connectivity index (χ0v) is 7.02. The van der Waals surface area contributed by atoms with Gasteiger partial charge in [-0.05, 0) is 18.6 Å². The molecule has 4 nitrogen and oxygen atoms in total. The third-order valence-electron chi connectivity index (χ3n) is 1.78. The van der Waals surface area contributed by atoms with Crippen LogP contribution in [-0.2, 0) is 5.11 Å². The second-order valence-corrected chi connectivity index (χ2v) is 2.69. The summed E-state index contributed by atoms with van der Waals surface area (Å²) in [5.41, 5.74) is 1.81. The first-order valence-electron chi connectivity index (χ1n) is 3.84. The first-order valence-corrected chi connectivity index (χ1v) is 3.84. The van der Waals surface area contributed by atoms with Gasteiger partial charge in [-0.3, -0.25) is 0 Å². The Bertz CT molecular complexity index is 423. The number of hydrogen-bond acceptors (Lipinski definition) is 3. The topological polar surface area (TPSA) is 58.8 Å². The Morgan fingerprint density at radius 2 is 2.00 bits per heavy atom. The molecule has 0 amide bonds. The monoisotopic (exact) mass is 175 g/mol. The Kier molecular flexibility index (Phi) is 1.73. The van der Waals surface area contributed by atoms with Crippen molar-refractivity contribution < 1.29 is 9.52 Å². The predicted molar refractivity (Wildman–Crippen MR) is 44.6 cm³/mol. The minimum absolute atomic E-state index is 0.281. The largest absolute Gasteiger partial charge is 0.459 e. The summed E-state index contributed by atoms with van der Waals surface area (Å²) in [6.45, 7) is 1.92. The van der Waals surface area contributed by atoms with Crippen molar-refractivity contribution in [2.24, 2.45) is 0 Å². The molecule has 0 saturated carbocycles. The average molecular weight is 175 g/mol. The fourth-order valence-electron chi connectivity index (χ4n) is 1.13. The minimum Gasteiger partial charge on any atom is -0.386 e. The Hall–Kier alpha value is -1.84. The molecule has 0 bridgehead atoms. The molecule has 65 valence electrons. The normalized spacial score (nSPS) is 10.2. The SMILES string of the molecule is Cc1ccccc1-c1nnc([O])o1. The highest BCUT2D eigenvalue weighted by Gasteiger charge is 2.09. The lowest BCUT2D eigenvalue weighted by Gasteiger charge is -1.97. The van der Waals surface area contributed by atoms with E-state index in [1.54, 1.807) is 0 Å². The number of rotatable bonds is 1. The van der Waals surface area contributed by atoms with E-state index in [0.717, 1.165) is 11.1 Å². The van der Waals surface area contributed by atoms with Gasteiger partial charge in [-0.1, -0.05) is 23.3 Å². The maximum atomic E-state index is 10.6. The molecule has 1 radical (unpaired) electrons. The van der Waals surface area contributed by atoms with Crippen molar-refractivity contribution in [2.45, 2.75) is 6.92 Å². The fourth-order valence-corrected chi connectivity index (χ4v) is 1.13. The maximum absolute atomic E-state index is 10.6. The van der Waals surface area contributed by atoms with Crippen LogP contribution >= 0.6 is 0 Å². The second-order valence-electron chi connectivity index (χ2n) is 2.69. The summed E-state index contributed by atoms with van der Waals surface area (Å²) >= 11 is 0. The van der Waals surface area contributed by atoms with E-state index in [4.69, 9.17) is 4.42 Å². The van der Waals surface area contributed by atoms with Gasteiger partial charge in [0, 0.05) is 5.56 Å². The molecular formula is C9H7N2O2. The number of hydrogen-bond donors (Lipinski definition) is 0. The molecule has 0 N–H and O–H groups in total. The molecule has 2 aromatic rings. The molecule has 0 aliphatic carbocycles. The van der Waals surface area contributed by atoms with Gasteiger partial charge in [0.2, 0.25) is 0 Å². The zero-order valence-electron chi connectivity index (χ0n) is 7.02. The highest BCUT2D eigenvalue weighted by Crippen LogP contribution is 2.23. The molecule has 0 aliphatic heterocycles. The van der Waals surface area contributed by atoms with Crippen LogP contribution in [0.3, 0.4) is 0 Å². The van der Waals surface area contributed by atoms with Crippen LogP contribution in [0.1, 0.15) is 5.56 Å². The van der Waals surface area contributed by atoms with Crippen LogP contribution in [0.25, 0.3) is 11.5 Å². The molecule has 0 unspecified atom stereocenters. The van der Waals surface area contributed by atoms with Gasteiger partial charge in [0.15, 0.2) is 0 Å². The van der Waals surface area contributed by atoms with Gasteiger partial charge >= 0.3 is 6.08 Å². The Morgan fingerprint density at radius 3 is 2.62 bits per heavy atom. The number of nitrogens with zero attached hydrogens (tertiary/aromatic N) is 2. The van der Waals surface area contributed by atoms with E-state index in [9.17, 15) is 5.11 Å². The van der Waals surface area contributed by atoms with Gasteiger partial charge in [0.1, 0.15) is 0 Å². The van der Waals surface area contributed by atoms with E-state index in [-0.39, 0.29) is 5.89 Å². The molecule has 1 aromatic heterocycles. The molecule has 0 saturated heterocycles. The van der Waals surface area contributed by atoms with Crippen LogP contribution in [0.5, 0.6) is 6.08 Å². The Labute approximate surface area is 74.8 Å². The lowest BCUT2D eigenvalue weighted by atomic mass is 10.1. The molecule has 4 heteroatoms. The Balaban J connectivity index is 2.52. The quantitative estimate of drug-likeness (QED) is 0.667. The van der Waals surface area contributed by atoms with E-state index < -0.39 is 6.08 Å². The number of benzene rings is 1. The second kappa shape index (κ2) is 2.90. The molecule has 0 fully saturated rings. The summed E-state index contributed by atoms with van der Waals surface area (Å²) in [5.74, 6) is 0.281. The van der Waals surface area contributed by atoms with Gasteiger partial charge in [0.25, 0.3) is 5.89 Å². The lowest BCUT2D eigenvalue weighted by molar-refractivity contribution is 0.239. The average Bonchev–Trinajstić information content (AvgIpc) is 2.53. The van der Waals surface area contributed by atoms with Gasteiger partial charge < -0.3 is 4.42 Å². The molecule has 1 heterocycles. The van der Waals surface area contributed by atoms with E-state index in [1.165, 1.54) is 0 Å². The smallest absolute Gasteiger partial charge is 0.386 e. The summed E-state index contributed by atoms with van der Waals surface area (Å²) in [4.78, 5) is 0. The molecule has 0 spiro atoms. The number of aromatic nitrogens is 2. The molecule has 0 atom stereocenters. The van der Waals surface area contributed by atoms with Crippen molar-refractivity contribution in [2.75, 3.05) is 0 Å². The molecule has 1 aromatic carbocycles. The molecule has 13 heavy (non-hydrogen) atoms. The fraction of sp³-hybridized carbons (Fsp3) is 0.111. The summed E-state index contributed by atoms with van der Waals surface area (Å²) < 4.78 is 4.77. The van der Waals surface area contributed by atoms with E-state index in [0.29, 0.717) is 0 Å². The van der Waals surface area contributed by atoms with Gasteiger partial charge in [-0.25, -0.2) is 5.11 Å². The predicted octanol–water partition coefficient (Wildman–Crippen LogP) is 2.19. The van der Waals surface area contributed by atoms with Gasteiger partial charge in [-0.15, -0.1) is 5.10 Å². The first-order chi connectivity index (χ1) is 6.27. The van der Waals surface area contributed by atoms with Crippen molar-refractivity contribution in [1.29, 1.82) is 0 Å². The summed E-state index contributed by atoms with van der Waals surface area (Å²) in [6.07, 6.45) is -0.654. The van der Waals surface area contributed by atoms with E-state index in [2.05, 4.69) is 10.2 Å². The molecular weight excluding hydrogens is 168 g/mol. The van der Waals surface area contributed by atoms with Crippen LogP contribution in [0.15, 0.2) is 28.7 Å². The highest BCUT2D eigenvalue weighted by atomic mass is 16.5. The minimum atomic E-state index is -0.654. The van der Waals surface area contributed by atoms with Crippen molar-refractivity contribution in [3.8, 4) is 17.5 Å². The van der Waals surface area contributed by atoms with Crippen molar-refractivity contribution in [3.63, 3.8) is 0 Å². The maximum Gasteiger partial charge on any atom is 0.459 e. The Morgan fingerprint density at radius 1 is 1.23 bits per heavy atom. The van der Waals surface area contributed by atoms with Crippen LogP contribution in [-0.4, -0.2) is 10.2 Å². The van der Waals surface area contributed by atoms with Crippen LogP contribution in [0, 0.1) is 6.92 Å². The first kappa shape index (κ1) is 7.79. The highest BCUT2D eigenvalue weighted by molar-refractivity contribution is 5.57.